The first-order valence-electron chi connectivity index (χ1n) is 6.87. The van der Waals surface area contributed by atoms with Crippen LogP contribution in [0.4, 0.5) is 0 Å². The van der Waals surface area contributed by atoms with Gasteiger partial charge >= 0.3 is 5.97 Å². The summed E-state index contributed by atoms with van der Waals surface area (Å²) in [7, 11) is 0. The molecule has 2 aromatic heterocycles. The average Bonchev–Trinajstić information content (AvgIpc) is 2.96. The molecule has 2 aromatic rings. The Morgan fingerprint density at radius 1 is 1.38 bits per heavy atom. The Hall–Kier alpha value is -2.14. The van der Waals surface area contributed by atoms with Crippen LogP contribution in [0, 0.1) is 5.92 Å². The van der Waals surface area contributed by atoms with E-state index in [4.69, 9.17) is 9.15 Å². The lowest BCUT2D eigenvalue weighted by molar-refractivity contribution is -0.129. The van der Waals surface area contributed by atoms with Crippen LogP contribution in [0.1, 0.15) is 35.7 Å². The fourth-order valence-electron chi connectivity index (χ4n) is 2.41. The first-order chi connectivity index (χ1) is 10.2. The van der Waals surface area contributed by atoms with Gasteiger partial charge in [0.1, 0.15) is 11.5 Å². The van der Waals surface area contributed by atoms with Gasteiger partial charge in [-0.3, -0.25) is 0 Å². The highest BCUT2D eigenvalue weighted by atomic mass is 32.1. The van der Waals surface area contributed by atoms with Crippen LogP contribution in [-0.2, 0) is 9.53 Å². The molecule has 0 amide bonds. The number of carbonyl (C=O) groups excluding carboxylic acids is 1. The van der Waals surface area contributed by atoms with Gasteiger partial charge in [-0.05, 0) is 35.9 Å². The third-order valence-electron chi connectivity index (χ3n) is 3.75. The van der Waals surface area contributed by atoms with Gasteiger partial charge in [-0.1, -0.05) is 13.0 Å². The fraction of sp³-hybridized carbons (Fsp3) is 0.250. The lowest BCUT2D eigenvalue weighted by Crippen LogP contribution is -2.03. The first kappa shape index (κ1) is 12.6. The van der Waals surface area contributed by atoms with Crippen LogP contribution in [-0.4, -0.2) is 11.9 Å². The molecule has 5 heteroatoms. The Labute approximate surface area is 125 Å². The van der Waals surface area contributed by atoms with E-state index in [1.54, 1.807) is 6.08 Å². The summed E-state index contributed by atoms with van der Waals surface area (Å²) in [4.78, 5) is 16.9. The molecule has 1 fully saturated rings. The van der Waals surface area contributed by atoms with Crippen molar-refractivity contribution in [3.05, 3.63) is 51.7 Å². The first-order valence-corrected chi connectivity index (χ1v) is 7.75. The summed E-state index contributed by atoms with van der Waals surface area (Å²) in [5.74, 6) is 2.78. The zero-order chi connectivity index (χ0) is 14.4. The number of cyclic esters (lactones) is 1. The Morgan fingerprint density at radius 3 is 2.95 bits per heavy atom. The van der Waals surface area contributed by atoms with E-state index in [1.165, 1.54) is 17.8 Å². The SMILES string of the molecule is C[C@@H]1C[C@H]1c1ccc(/C=C2\N=C(c3cccs3)OC2=O)o1. The van der Waals surface area contributed by atoms with Crippen LogP contribution in [0.15, 0.2) is 44.8 Å². The molecule has 0 aromatic carbocycles. The highest BCUT2D eigenvalue weighted by molar-refractivity contribution is 7.12. The molecule has 106 valence electrons. The monoisotopic (exact) mass is 299 g/mol. The summed E-state index contributed by atoms with van der Waals surface area (Å²) in [6.45, 7) is 2.21. The van der Waals surface area contributed by atoms with E-state index in [9.17, 15) is 4.79 Å². The predicted octanol–water partition coefficient (Wildman–Crippen LogP) is 3.81. The number of thiophene rings is 1. The Bertz CT molecular complexity index is 754. The number of hydrogen-bond acceptors (Lipinski definition) is 5. The van der Waals surface area contributed by atoms with Gasteiger partial charge in [0.25, 0.3) is 0 Å². The smallest absolute Gasteiger partial charge is 0.363 e. The minimum atomic E-state index is -0.434. The number of ether oxygens (including phenoxy) is 1. The molecule has 1 saturated carbocycles. The summed E-state index contributed by atoms with van der Waals surface area (Å²) in [6.07, 6.45) is 2.81. The molecule has 2 aliphatic rings. The molecule has 1 aliphatic heterocycles. The number of hydrogen-bond donors (Lipinski definition) is 0. The zero-order valence-corrected chi connectivity index (χ0v) is 12.2. The summed E-state index contributed by atoms with van der Waals surface area (Å²) in [5, 5.41) is 1.92. The highest BCUT2D eigenvalue weighted by Crippen LogP contribution is 2.47. The lowest BCUT2D eigenvalue weighted by atomic mass is 10.3. The summed E-state index contributed by atoms with van der Waals surface area (Å²) < 4.78 is 10.9. The maximum absolute atomic E-state index is 11.8. The molecule has 0 bridgehead atoms. The van der Waals surface area contributed by atoms with E-state index in [1.807, 2.05) is 29.6 Å². The number of esters is 1. The second kappa shape index (κ2) is 4.70. The molecule has 21 heavy (non-hydrogen) atoms. The molecule has 0 spiro atoms. The average molecular weight is 299 g/mol. The minimum Gasteiger partial charge on any atom is -0.461 e. The van der Waals surface area contributed by atoms with Crippen LogP contribution in [0.2, 0.25) is 0 Å². The maximum atomic E-state index is 11.8. The van der Waals surface area contributed by atoms with Crippen LogP contribution in [0.3, 0.4) is 0 Å². The topological polar surface area (TPSA) is 51.8 Å². The number of furan rings is 1. The van der Waals surface area contributed by atoms with Gasteiger partial charge in [0.05, 0.1) is 4.88 Å². The second-order valence-corrected chi connectivity index (χ2v) is 6.32. The van der Waals surface area contributed by atoms with E-state index < -0.39 is 5.97 Å². The van der Waals surface area contributed by atoms with Gasteiger partial charge < -0.3 is 9.15 Å². The molecule has 0 radical (unpaired) electrons. The van der Waals surface area contributed by atoms with Crippen LogP contribution >= 0.6 is 11.3 Å². The molecule has 1 aliphatic carbocycles. The standard InChI is InChI=1S/C16H13NO3S/c1-9-7-11(9)13-5-4-10(19-13)8-12-16(18)20-15(17-12)14-3-2-6-21-14/h2-6,8-9,11H,7H2,1H3/b12-8-/t9-,11-/m1/s1. The van der Waals surface area contributed by atoms with E-state index in [0.29, 0.717) is 23.5 Å². The molecule has 4 rings (SSSR count). The van der Waals surface area contributed by atoms with Crippen LogP contribution in [0.25, 0.3) is 6.08 Å². The van der Waals surface area contributed by atoms with Gasteiger partial charge in [0, 0.05) is 12.0 Å². The van der Waals surface area contributed by atoms with Gasteiger partial charge in [-0.2, -0.15) is 0 Å². The molecule has 2 atom stereocenters. The number of carbonyl (C=O) groups is 1. The van der Waals surface area contributed by atoms with Crippen molar-refractivity contribution in [1.29, 1.82) is 0 Å². The molecular formula is C16H13NO3S. The van der Waals surface area contributed by atoms with Gasteiger partial charge in [0.15, 0.2) is 5.70 Å². The van der Waals surface area contributed by atoms with Crippen molar-refractivity contribution in [2.75, 3.05) is 0 Å². The lowest BCUT2D eigenvalue weighted by Gasteiger charge is -1.92. The van der Waals surface area contributed by atoms with E-state index in [2.05, 4.69) is 11.9 Å². The van der Waals surface area contributed by atoms with Crippen molar-refractivity contribution < 1.29 is 13.9 Å². The minimum absolute atomic E-state index is 0.281. The Balaban J connectivity index is 1.60. The van der Waals surface area contributed by atoms with Crippen LogP contribution in [0.5, 0.6) is 0 Å². The quantitative estimate of drug-likeness (QED) is 0.639. The fourth-order valence-corrected chi connectivity index (χ4v) is 3.06. The third-order valence-corrected chi connectivity index (χ3v) is 4.61. The summed E-state index contributed by atoms with van der Waals surface area (Å²) in [6, 6.07) is 7.62. The zero-order valence-electron chi connectivity index (χ0n) is 11.4. The molecule has 4 nitrogen and oxygen atoms in total. The van der Waals surface area contributed by atoms with E-state index in [-0.39, 0.29) is 5.70 Å². The highest BCUT2D eigenvalue weighted by Gasteiger charge is 2.36. The molecule has 0 unspecified atom stereocenters. The van der Waals surface area contributed by atoms with Crippen molar-refractivity contribution >= 4 is 29.3 Å². The molecule has 0 N–H and O–H groups in total. The number of aliphatic imine (C=N–C) groups is 1. The Kier molecular flexibility index (Phi) is 2.82. The van der Waals surface area contributed by atoms with Crippen molar-refractivity contribution in [3.63, 3.8) is 0 Å². The number of nitrogens with zero attached hydrogens (tertiary/aromatic N) is 1. The Morgan fingerprint density at radius 2 is 2.24 bits per heavy atom. The normalized spacial score (nSPS) is 26.0. The van der Waals surface area contributed by atoms with Gasteiger partial charge in [-0.15, -0.1) is 11.3 Å². The van der Waals surface area contributed by atoms with E-state index >= 15 is 0 Å². The molecule has 0 saturated heterocycles. The van der Waals surface area contributed by atoms with Crippen molar-refractivity contribution in [2.24, 2.45) is 10.9 Å². The van der Waals surface area contributed by atoms with Gasteiger partial charge in [-0.25, -0.2) is 9.79 Å². The largest absolute Gasteiger partial charge is 0.461 e. The second-order valence-electron chi connectivity index (χ2n) is 5.37. The molecular weight excluding hydrogens is 286 g/mol. The predicted molar refractivity (Wildman–Crippen MR) is 80.2 cm³/mol. The van der Waals surface area contributed by atoms with Crippen LogP contribution < -0.4 is 0 Å². The van der Waals surface area contributed by atoms with Gasteiger partial charge in [0.2, 0.25) is 5.90 Å². The molecule has 3 heterocycles. The van der Waals surface area contributed by atoms with Crippen molar-refractivity contribution in [2.45, 2.75) is 19.3 Å². The maximum Gasteiger partial charge on any atom is 0.363 e. The summed E-state index contributed by atoms with van der Waals surface area (Å²) in [5.41, 5.74) is 0.281. The van der Waals surface area contributed by atoms with Crippen molar-refractivity contribution in [3.8, 4) is 0 Å². The van der Waals surface area contributed by atoms with Crippen molar-refractivity contribution in [1.82, 2.24) is 0 Å². The number of rotatable bonds is 3. The summed E-state index contributed by atoms with van der Waals surface area (Å²) >= 11 is 1.49. The third kappa shape index (κ3) is 2.34. The van der Waals surface area contributed by atoms with E-state index in [0.717, 1.165) is 10.6 Å².